The van der Waals surface area contributed by atoms with Crippen molar-refractivity contribution in [3.8, 4) is 0 Å². The zero-order chi connectivity index (χ0) is 20.2. The maximum atomic E-state index is 12.7. The smallest absolute Gasteiger partial charge is 0.323 e. The van der Waals surface area contributed by atoms with Crippen molar-refractivity contribution in [1.82, 2.24) is 10.2 Å². The number of hydrogen-bond acceptors (Lipinski definition) is 3. The second kappa shape index (κ2) is 8.74. The average Bonchev–Trinajstić information content (AvgIpc) is 2.78. The number of rotatable bonds is 8. The van der Waals surface area contributed by atoms with Crippen LogP contribution >= 0.6 is 11.6 Å². The molecule has 1 unspecified atom stereocenters. The van der Waals surface area contributed by atoms with Crippen molar-refractivity contribution in [2.24, 2.45) is 0 Å². The van der Waals surface area contributed by atoms with Crippen molar-refractivity contribution in [2.45, 2.75) is 65.3 Å². The van der Waals surface area contributed by atoms with Crippen LogP contribution in [-0.2, 0) is 9.59 Å². The highest BCUT2D eigenvalue weighted by Crippen LogP contribution is 2.28. The number of imide groups is 1. The van der Waals surface area contributed by atoms with Crippen molar-refractivity contribution in [3.05, 3.63) is 28.3 Å². The SMILES string of the molecule is CCCCCCC1(C)NC(=O)N(CC(=O)Nc2c(C)cc(C)cc2Cl)C1=O. The standard InChI is InChI=1S/C20H28ClN3O3/c1-5-6-7-8-9-20(4)18(26)24(19(27)23-20)12-16(25)22-17-14(3)10-13(2)11-15(17)21/h10-11H,5-9,12H2,1-4H3,(H,22,25)(H,23,27). The Morgan fingerprint density at radius 1 is 1.22 bits per heavy atom. The number of halogens is 1. The quantitative estimate of drug-likeness (QED) is 0.513. The molecule has 1 aromatic rings. The summed E-state index contributed by atoms with van der Waals surface area (Å²) in [7, 11) is 0. The van der Waals surface area contributed by atoms with Crippen LogP contribution < -0.4 is 10.6 Å². The molecule has 6 nitrogen and oxygen atoms in total. The van der Waals surface area contributed by atoms with E-state index >= 15 is 0 Å². The van der Waals surface area contributed by atoms with Crippen molar-refractivity contribution in [2.75, 3.05) is 11.9 Å². The largest absolute Gasteiger partial charge is 0.325 e. The summed E-state index contributed by atoms with van der Waals surface area (Å²) in [6, 6.07) is 3.13. The lowest BCUT2D eigenvalue weighted by Gasteiger charge is -2.21. The average molecular weight is 394 g/mol. The lowest BCUT2D eigenvalue weighted by Crippen LogP contribution is -2.44. The van der Waals surface area contributed by atoms with Gasteiger partial charge in [0.2, 0.25) is 5.91 Å². The first-order valence-corrected chi connectivity index (χ1v) is 9.76. The summed E-state index contributed by atoms with van der Waals surface area (Å²) in [5.74, 6) is -0.812. The summed E-state index contributed by atoms with van der Waals surface area (Å²) in [5, 5.41) is 5.88. The number of amides is 4. The molecule has 7 heteroatoms. The Morgan fingerprint density at radius 2 is 1.93 bits per heavy atom. The Morgan fingerprint density at radius 3 is 2.56 bits per heavy atom. The summed E-state index contributed by atoms with van der Waals surface area (Å²) >= 11 is 6.21. The normalized spacial score (nSPS) is 19.4. The van der Waals surface area contributed by atoms with E-state index in [0.717, 1.165) is 41.7 Å². The molecule has 0 bridgehead atoms. The minimum absolute atomic E-state index is 0.334. The molecule has 148 valence electrons. The molecule has 2 rings (SSSR count). The van der Waals surface area contributed by atoms with Gasteiger partial charge in [-0.25, -0.2) is 4.79 Å². The van der Waals surface area contributed by atoms with Crippen LogP contribution in [0.25, 0.3) is 0 Å². The molecule has 0 saturated carbocycles. The van der Waals surface area contributed by atoms with Gasteiger partial charge >= 0.3 is 6.03 Å². The van der Waals surface area contributed by atoms with Crippen LogP contribution in [0.1, 0.15) is 57.1 Å². The van der Waals surface area contributed by atoms with Crippen molar-refractivity contribution in [3.63, 3.8) is 0 Å². The van der Waals surface area contributed by atoms with E-state index in [1.807, 2.05) is 19.9 Å². The van der Waals surface area contributed by atoms with Crippen LogP contribution in [0.4, 0.5) is 10.5 Å². The number of nitrogens with zero attached hydrogens (tertiary/aromatic N) is 1. The fourth-order valence-electron chi connectivity index (χ4n) is 3.36. The van der Waals surface area contributed by atoms with Gasteiger partial charge in [-0.3, -0.25) is 14.5 Å². The zero-order valence-corrected chi connectivity index (χ0v) is 17.2. The minimum Gasteiger partial charge on any atom is -0.323 e. The summed E-state index contributed by atoms with van der Waals surface area (Å²) in [4.78, 5) is 38.3. The molecule has 0 aromatic heterocycles. The van der Waals surface area contributed by atoms with E-state index in [1.165, 1.54) is 0 Å². The van der Waals surface area contributed by atoms with Crippen LogP contribution in [0, 0.1) is 13.8 Å². The molecular formula is C20H28ClN3O3. The molecule has 0 radical (unpaired) electrons. The number of hydrogen-bond donors (Lipinski definition) is 2. The van der Waals surface area contributed by atoms with Gasteiger partial charge in [0.1, 0.15) is 12.1 Å². The molecule has 0 spiro atoms. The number of carbonyl (C=O) groups excluding carboxylic acids is 3. The summed E-state index contributed by atoms with van der Waals surface area (Å²) in [6.07, 6.45) is 4.64. The highest BCUT2D eigenvalue weighted by Gasteiger charge is 2.47. The van der Waals surface area contributed by atoms with Gasteiger partial charge in [0.15, 0.2) is 0 Å². The summed E-state index contributed by atoms with van der Waals surface area (Å²) in [6.45, 7) is 7.26. The molecular weight excluding hydrogens is 366 g/mol. The van der Waals surface area contributed by atoms with Gasteiger partial charge < -0.3 is 10.6 Å². The first-order valence-electron chi connectivity index (χ1n) is 9.38. The predicted molar refractivity (Wildman–Crippen MR) is 107 cm³/mol. The Hall–Kier alpha value is -2.08. The number of carbonyl (C=O) groups is 3. The van der Waals surface area contributed by atoms with Crippen LogP contribution in [0.3, 0.4) is 0 Å². The maximum absolute atomic E-state index is 12.7. The lowest BCUT2D eigenvalue weighted by molar-refractivity contribution is -0.133. The van der Waals surface area contributed by atoms with Crippen molar-refractivity contribution < 1.29 is 14.4 Å². The third kappa shape index (κ3) is 5.01. The van der Waals surface area contributed by atoms with Crippen LogP contribution in [-0.4, -0.2) is 34.8 Å². The highest BCUT2D eigenvalue weighted by atomic mass is 35.5. The topological polar surface area (TPSA) is 78.5 Å². The van der Waals surface area contributed by atoms with Gasteiger partial charge in [-0.05, 0) is 44.4 Å². The van der Waals surface area contributed by atoms with Gasteiger partial charge in [0.25, 0.3) is 5.91 Å². The zero-order valence-electron chi connectivity index (χ0n) is 16.4. The van der Waals surface area contributed by atoms with Crippen LogP contribution in [0.15, 0.2) is 12.1 Å². The van der Waals surface area contributed by atoms with E-state index in [1.54, 1.807) is 13.0 Å². The number of aryl methyl sites for hydroxylation is 2. The molecule has 1 atom stereocenters. The van der Waals surface area contributed by atoms with E-state index in [-0.39, 0.29) is 12.5 Å². The number of anilines is 1. The second-order valence-corrected chi connectivity index (χ2v) is 7.86. The highest BCUT2D eigenvalue weighted by molar-refractivity contribution is 6.34. The summed E-state index contributed by atoms with van der Waals surface area (Å²) in [5.41, 5.74) is 1.37. The molecule has 1 aromatic carbocycles. The Bertz CT molecular complexity index is 727. The maximum Gasteiger partial charge on any atom is 0.325 e. The van der Waals surface area contributed by atoms with Gasteiger partial charge in [0.05, 0.1) is 10.7 Å². The predicted octanol–water partition coefficient (Wildman–Crippen LogP) is 4.18. The third-order valence-electron chi connectivity index (χ3n) is 4.87. The van der Waals surface area contributed by atoms with Gasteiger partial charge in [-0.2, -0.15) is 0 Å². The van der Waals surface area contributed by atoms with Crippen molar-refractivity contribution in [1.29, 1.82) is 0 Å². The molecule has 1 saturated heterocycles. The number of nitrogens with one attached hydrogen (secondary N) is 2. The first kappa shape index (κ1) is 21.2. The Labute approximate surface area is 165 Å². The van der Waals surface area contributed by atoms with Crippen molar-refractivity contribution >= 4 is 35.1 Å². The van der Waals surface area contributed by atoms with E-state index in [4.69, 9.17) is 11.6 Å². The fourth-order valence-corrected chi connectivity index (χ4v) is 3.73. The molecule has 2 N–H and O–H groups in total. The Balaban J connectivity index is 2.01. The number of benzene rings is 1. The summed E-state index contributed by atoms with van der Waals surface area (Å²) < 4.78 is 0. The number of unbranched alkanes of at least 4 members (excludes halogenated alkanes) is 3. The van der Waals surface area contributed by atoms with E-state index in [0.29, 0.717) is 17.1 Å². The number of urea groups is 1. The Kier molecular flexibility index (Phi) is 6.87. The molecule has 1 aliphatic heterocycles. The van der Waals surface area contributed by atoms with E-state index < -0.39 is 17.5 Å². The molecule has 1 heterocycles. The van der Waals surface area contributed by atoms with Gasteiger partial charge in [-0.15, -0.1) is 0 Å². The molecule has 27 heavy (non-hydrogen) atoms. The van der Waals surface area contributed by atoms with Gasteiger partial charge in [0, 0.05) is 0 Å². The minimum atomic E-state index is -0.942. The monoisotopic (exact) mass is 393 g/mol. The second-order valence-electron chi connectivity index (χ2n) is 7.45. The van der Waals surface area contributed by atoms with Gasteiger partial charge in [-0.1, -0.05) is 50.3 Å². The molecule has 4 amide bonds. The van der Waals surface area contributed by atoms with Crippen LogP contribution in [0.5, 0.6) is 0 Å². The fraction of sp³-hybridized carbons (Fsp3) is 0.550. The third-order valence-corrected chi connectivity index (χ3v) is 5.17. The lowest BCUT2D eigenvalue weighted by atomic mass is 9.94. The molecule has 1 fully saturated rings. The first-order chi connectivity index (χ1) is 12.7. The molecule has 0 aliphatic carbocycles. The van der Waals surface area contributed by atoms with Crippen LogP contribution in [0.2, 0.25) is 5.02 Å². The van der Waals surface area contributed by atoms with E-state index in [9.17, 15) is 14.4 Å². The molecule has 1 aliphatic rings. The van der Waals surface area contributed by atoms with E-state index in [2.05, 4.69) is 17.6 Å².